The molecule has 0 saturated carbocycles. The van der Waals surface area contributed by atoms with Crippen molar-refractivity contribution in [3.05, 3.63) is 65.5 Å². The highest BCUT2D eigenvalue weighted by atomic mass is 19.1. The molecule has 102 valence electrons. The van der Waals surface area contributed by atoms with Crippen LogP contribution in [0.2, 0.25) is 0 Å². The molecule has 0 aliphatic carbocycles. The first-order chi connectivity index (χ1) is 9.69. The zero-order valence-electron chi connectivity index (χ0n) is 10.7. The Bertz CT molecular complexity index is 765. The Hall–Kier alpha value is -2.27. The van der Waals surface area contributed by atoms with E-state index in [0.29, 0.717) is 23.4 Å². The van der Waals surface area contributed by atoms with Gasteiger partial charge in [0, 0.05) is 11.6 Å². The number of nitrogens with zero attached hydrogens (tertiary/aromatic N) is 2. The molecule has 0 fully saturated rings. The van der Waals surface area contributed by atoms with Crippen LogP contribution < -0.4 is 5.73 Å². The minimum absolute atomic E-state index is 0.213. The second-order valence-electron chi connectivity index (χ2n) is 4.54. The summed E-state index contributed by atoms with van der Waals surface area (Å²) >= 11 is 0. The van der Waals surface area contributed by atoms with Gasteiger partial charge in [0.15, 0.2) is 0 Å². The lowest BCUT2D eigenvalue weighted by atomic mass is 10.2. The Morgan fingerprint density at radius 1 is 1.10 bits per heavy atom. The maximum atomic E-state index is 13.8. The Morgan fingerprint density at radius 3 is 2.65 bits per heavy atom. The average molecular weight is 273 g/mol. The number of hydrogen-bond acceptors (Lipinski definition) is 2. The van der Waals surface area contributed by atoms with E-state index < -0.39 is 0 Å². The van der Waals surface area contributed by atoms with Gasteiger partial charge < -0.3 is 10.3 Å². The molecule has 1 aromatic heterocycles. The minimum Gasteiger partial charge on any atom is -0.324 e. The SMILES string of the molecule is NCc1nc2cc(F)ccc2n1Cc1ccccc1F. The first kappa shape index (κ1) is 12.7. The first-order valence-corrected chi connectivity index (χ1v) is 6.27. The fraction of sp³-hybridized carbons (Fsp3) is 0.133. The number of benzene rings is 2. The topological polar surface area (TPSA) is 43.8 Å². The molecule has 0 unspecified atom stereocenters. The Morgan fingerprint density at radius 2 is 1.90 bits per heavy atom. The molecule has 2 aromatic carbocycles. The Kier molecular flexibility index (Phi) is 3.20. The standard InChI is InChI=1S/C15H13F2N3/c16-11-5-6-14-13(7-11)19-15(8-18)20(14)9-10-3-1-2-4-12(10)17/h1-7H,8-9,18H2. The normalized spacial score (nSPS) is 11.2. The van der Waals surface area contributed by atoms with Crippen LogP contribution in [0.15, 0.2) is 42.5 Å². The van der Waals surface area contributed by atoms with E-state index in [4.69, 9.17) is 5.73 Å². The molecule has 0 radical (unpaired) electrons. The summed E-state index contributed by atoms with van der Waals surface area (Å²) in [6, 6.07) is 10.9. The molecular formula is C15H13F2N3. The number of fused-ring (bicyclic) bond motifs is 1. The molecule has 0 atom stereocenters. The summed E-state index contributed by atoms with van der Waals surface area (Å²) in [4.78, 5) is 4.29. The predicted molar refractivity (Wildman–Crippen MR) is 73.1 cm³/mol. The van der Waals surface area contributed by atoms with E-state index in [1.807, 2.05) is 4.57 Å². The van der Waals surface area contributed by atoms with Crippen molar-refractivity contribution in [2.24, 2.45) is 5.73 Å². The fourth-order valence-corrected chi connectivity index (χ4v) is 2.28. The van der Waals surface area contributed by atoms with Crippen molar-refractivity contribution in [2.75, 3.05) is 0 Å². The molecule has 0 aliphatic heterocycles. The number of nitrogens with two attached hydrogens (primary N) is 1. The summed E-state index contributed by atoms with van der Waals surface area (Å²) in [5.41, 5.74) is 7.50. The third kappa shape index (κ3) is 2.16. The van der Waals surface area contributed by atoms with E-state index in [1.165, 1.54) is 18.2 Å². The molecule has 3 aromatic rings. The highest BCUT2D eigenvalue weighted by molar-refractivity contribution is 5.76. The fourth-order valence-electron chi connectivity index (χ4n) is 2.28. The molecule has 5 heteroatoms. The molecule has 0 spiro atoms. The monoisotopic (exact) mass is 273 g/mol. The number of rotatable bonds is 3. The average Bonchev–Trinajstić information content (AvgIpc) is 2.78. The van der Waals surface area contributed by atoms with E-state index >= 15 is 0 Å². The van der Waals surface area contributed by atoms with E-state index in [9.17, 15) is 8.78 Å². The summed E-state index contributed by atoms with van der Waals surface area (Å²) in [7, 11) is 0. The third-order valence-corrected chi connectivity index (χ3v) is 3.26. The van der Waals surface area contributed by atoms with Gasteiger partial charge in [-0.2, -0.15) is 0 Å². The molecule has 3 rings (SSSR count). The van der Waals surface area contributed by atoms with Gasteiger partial charge in [-0.25, -0.2) is 13.8 Å². The van der Waals surface area contributed by atoms with Gasteiger partial charge in [-0.05, 0) is 18.2 Å². The molecule has 0 saturated heterocycles. The van der Waals surface area contributed by atoms with Crippen molar-refractivity contribution in [3.63, 3.8) is 0 Å². The zero-order chi connectivity index (χ0) is 14.1. The Labute approximate surface area is 114 Å². The molecule has 1 heterocycles. The molecule has 0 bridgehead atoms. The van der Waals surface area contributed by atoms with Gasteiger partial charge in [-0.15, -0.1) is 0 Å². The van der Waals surface area contributed by atoms with Crippen LogP contribution in [0, 0.1) is 11.6 Å². The number of halogens is 2. The van der Waals surface area contributed by atoms with Gasteiger partial charge in [-0.3, -0.25) is 0 Å². The number of imidazole rings is 1. The summed E-state index contributed by atoms with van der Waals surface area (Å²) in [6.45, 7) is 0.534. The van der Waals surface area contributed by atoms with Crippen LogP contribution in [0.4, 0.5) is 8.78 Å². The maximum Gasteiger partial charge on any atom is 0.128 e. The maximum absolute atomic E-state index is 13.8. The largest absolute Gasteiger partial charge is 0.324 e. The van der Waals surface area contributed by atoms with Gasteiger partial charge in [0.05, 0.1) is 24.1 Å². The molecular weight excluding hydrogens is 260 g/mol. The summed E-state index contributed by atoms with van der Waals surface area (Å²) < 4.78 is 28.8. The molecule has 20 heavy (non-hydrogen) atoms. The van der Waals surface area contributed by atoms with Gasteiger partial charge in [-0.1, -0.05) is 18.2 Å². The van der Waals surface area contributed by atoms with Gasteiger partial charge in [0.25, 0.3) is 0 Å². The van der Waals surface area contributed by atoms with Crippen LogP contribution in [-0.2, 0) is 13.1 Å². The van der Waals surface area contributed by atoms with E-state index in [1.54, 1.807) is 24.3 Å². The molecule has 0 amide bonds. The van der Waals surface area contributed by atoms with Crippen molar-refractivity contribution in [3.8, 4) is 0 Å². The van der Waals surface area contributed by atoms with Gasteiger partial charge >= 0.3 is 0 Å². The Balaban J connectivity index is 2.12. The molecule has 2 N–H and O–H groups in total. The van der Waals surface area contributed by atoms with Gasteiger partial charge in [0.1, 0.15) is 17.5 Å². The summed E-state index contributed by atoms with van der Waals surface area (Å²) in [5.74, 6) is -0.0232. The predicted octanol–water partition coefficient (Wildman–Crippen LogP) is 2.82. The lowest BCUT2D eigenvalue weighted by Crippen LogP contribution is -2.10. The smallest absolute Gasteiger partial charge is 0.128 e. The second kappa shape index (κ2) is 5.02. The summed E-state index contributed by atoms with van der Waals surface area (Å²) in [5, 5.41) is 0. The zero-order valence-corrected chi connectivity index (χ0v) is 10.7. The van der Waals surface area contributed by atoms with Gasteiger partial charge in [0.2, 0.25) is 0 Å². The highest BCUT2D eigenvalue weighted by Crippen LogP contribution is 2.20. The van der Waals surface area contributed by atoms with Crippen LogP contribution in [0.1, 0.15) is 11.4 Å². The summed E-state index contributed by atoms with van der Waals surface area (Å²) in [6.07, 6.45) is 0. The van der Waals surface area contributed by atoms with E-state index in [2.05, 4.69) is 4.98 Å². The lowest BCUT2D eigenvalue weighted by Gasteiger charge is -2.09. The third-order valence-electron chi connectivity index (χ3n) is 3.26. The molecule has 3 nitrogen and oxygen atoms in total. The minimum atomic E-state index is -0.350. The lowest BCUT2D eigenvalue weighted by molar-refractivity contribution is 0.597. The van der Waals surface area contributed by atoms with Crippen molar-refractivity contribution in [2.45, 2.75) is 13.1 Å². The van der Waals surface area contributed by atoms with Crippen molar-refractivity contribution < 1.29 is 8.78 Å². The van der Waals surface area contributed by atoms with Crippen LogP contribution in [0.25, 0.3) is 11.0 Å². The van der Waals surface area contributed by atoms with E-state index in [-0.39, 0.29) is 18.2 Å². The quantitative estimate of drug-likeness (QED) is 0.797. The molecule has 0 aliphatic rings. The van der Waals surface area contributed by atoms with Crippen molar-refractivity contribution >= 4 is 11.0 Å². The van der Waals surface area contributed by atoms with E-state index in [0.717, 1.165) is 5.52 Å². The van der Waals surface area contributed by atoms with Crippen LogP contribution in [-0.4, -0.2) is 9.55 Å². The van der Waals surface area contributed by atoms with Crippen LogP contribution in [0.3, 0.4) is 0 Å². The van der Waals surface area contributed by atoms with Crippen LogP contribution >= 0.6 is 0 Å². The number of aromatic nitrogens is 2. The second-order valence-corrected chi connectivity index (χ2v) is 4.54. The van der Waals surface area contributed by atoms with Crippen molar-refractivity contribution in [1.82, 2.24) is 9.55 Å². The first-order valence-electron chi connectivity index (χ1n) is 6.27. The van der Waals surface area contributed by atoms with Crippen molar-refractivity contribution in [1.29, 1.82) is 0 Å². The number of hydrogen-bond donors (Lipinski definition) is 1. The highest BCUT2D eigenvalue weighted by Gasteiger charge is 2.12. The van der Waals surface area contributed by atoms with Crippen LogP contribution in [0.5, 0.6) is 0 Å².